The number of amides is 1. The second kappa shape index (κ2) is 5.68. The first-order valence-corrected chi connectivity index (χ1v) is 6.86. The molecule has 0 aliphatic carbocycles. The maximum absolute atomic E-state index is 11.6. The van der Waals surface area contributed by atoms with Gasteiger partial charge in [-0.15, -0.1) is 0 Å². The van der Waals surface area contributed by atoms with Crippen molar-refractivity contribution in [3.63, 3.8) is 0 Å². The Labute approximate surface area is 114 Å². The number of nitrogens with one attached hydrogen (secondary N) is 1. The summed E-state index contributed by atoms with van der Waals surface area (Å²) in [6.45, 7) is 0. The summed E-state index contributed by atoms with van der Waals surface area (Å²) < 4.78 is 35.0. The first kappa shape index (κ1) is 14.0. The Bertz CT molecular complexity index is 734. The number of carbonyl (C=O) groups is 1. The lowest BCUT2D eigenvalue weighted by Gasteiger charge is -1.97. The van der Waals surface area contributed by atoms with Crippen LogP contribution in [0.3, 0.4) is 0 Å². The molecule has 2 N–H and O–H groups in total. The van der Waals surface area contributed by atoms with Crippen LogP contribution in [0.2, 0.25) is 0 Å². The molecule has 0 bridgehead atoms. The molecule has 0 saturated carbocycles. The van der Waals surface area contributed by atoms with E-state index in [1.165, 1.54) is 6.07 Å². The second-order valence-corrected chi connectivity index (χ2v) is 5.05. The van der Waals surface area contributed by atoms with Crippen molar-refractivity contribution in [1.82, 2.24) is 5.43 Å². The van der Waals surface area contributed by atoms with Gasteiger partial charge in [0.1, 0.15) is 5.76 Å². The van der Waals surface area contributed by atoms with Crippen LogP contribution in [0.4, 0.5) is 0 Å². The average Bonchev–Trinajstić information content (AvgIpc) is 2.88. The van der Waals surface area contributed by atoms with Gasteiger partial charge >= 0.3 is 10.1 Å². The van der Waals surface area contributed by atoms with E-state index in [1.54, 1.807) is 30.3 Å². The highest BCUT2D eigenvalue weighted by Gasteiger charge is 2.14. The van der Waals surface area contributed by atoms with Gasteiger partial charge in [-0.2, -0.15) is 13.5 Å². The van der Waals surface area contributed by atoms with E-state index in [0.717, 1.165) is 12.3 Å². The van der Waals surface area contributed by atoms with Crippen LogP contribution in [0.1, 0.15) is 16.1 Å². The van der Waals surface area contributed by atoms with Gasteiger partial charge in [0.2, 0.25) is 5.09 Å². The van der Waals surface area contributed by atoms with Crippen molar-refractivity contribution in [3.8, 4) is 0 Å². The SMILES string of the molecule is O=C(N/N=C/c1ccc(S(=O)(=O)O)o1)c1ccccc1. The maximum Gasteiger partial charge on any atom is 0.328 e. The average molecular weight is 294 g/mol. The van der Waals surface area contributed by atoms with E-state index in [9.17, 15) is 13.2 Å². The van der Waals surface area contributed by atoms with Crippen LogP contribution in [0.15, 0.2) is 57.1 Å². The predicted molar refractivity (Wildman–Crippen MR) is 70.0 cm³/mol. The van der Waals surface area contributed by atoms with Crippen molar-refractivity contribution in [2.24, 2.45) is 5.10 Å². The van der Waals surface area contributed by atoms with Gasteiger partial charge in [-0.3, -0.25) is 9.35 Å². The number of hydrogen-bond donors (Lipinski definition) is 2. The molecule has 1 heterocycles. The Kier molecular flexibility index (Phi) is 3.97. The minimum atomic E-state index is -4.38. The Balaban J connectivity index is 2.01. The fraction of sp³-hybridized carbons (Fsp3) is 0. The minimum absolute atomic E-state index is 0.0750. The van der Waals surface area contributed by atoms with Crippen LogP contribution in [0, 0.1) is 0 Å². The van der Waals surface area contributed by atoms with Crippen LogP contribution in [-0.2, 0) is 10.1 Å². The van der Waals surface area contributed by atoms with Crippen molar-refractivity contribution >= 4 is 22.2 Å². The molecule has 1 amide bonds. The van der Waals surface area contributed by atoms with Gasteiger partial charge in [0.15, 0.2) is 0 Å². The molecule has 0 aliphatic rings. The molecule has 0 saturated heterocycles. The van der Waals surface area contributed by atoms with Gasteiger partial charge in [0.25, 0.3) is 5.91 Å². The number of furan rings is 1. The standard InChI is InChI=1S/C12H10N2O5S/c15-12(9-4-2-1-3-5-9)14-13-8-10-6-7-11(19-10)20(16,17)18/h1-8H,(H,14,15)(H,16,17,18)/b13-8+. The lowest BCUT2D eigenvalue weighted by molar-refractivity contribution is 0.0955. The predicted octanol–water partition coefficient (Wildman–Crippen LogP) is 1.29. The third kappa shape index (κ3) is 3.53. The number of rotatable bonds is 4. The van der Waals surface area contributed by atoms with Crippen molar-refractivity contribution in [2.45, 2.75) is 5.09 Å². The molecule has 0 spiro atoms. The molecule has 0 aliphatic heterocycles. The highest BCUT2D eigenvalue weighted by Crippen LogP contribution is 2.11. The monoisotopic (exact) mass is 294 g/mol. The lowest BCUT2D eigenvalue weighted by atomic mass is 10.2. The third-order valence-electron chi connectivity index (χ3n) is 2.25. The van der Waals surface area contributed by atoms with Crippen molar-refractivity contribution < 1.29 is 22.2 Å². The molecule has 0 atom stereocenters. The molecule has 2 rings (SSSR count). The number of nitrogens with zero attached hydrogens (tertiary/aromatic N) is 1. The fourth-order valence-electron chi connectivity index (χ4n) is 1.35. The molecule has 7 nitrogen and oxygen atoms in total. The zero-order valence-corrected chi connectivity index (χ0v) is 10.9. The number of hydrogen-bond acceptors (Lipinski definition) is 5. The molecular formula is C12H10N2O5S. The molecule has 0 fully saturated rings. The zero-order chi connectivity index (χ0) is 14.6. The van der Waals surface area contributed by atoms with Crippen LogP contribution < -0.4 is 5.43 Å². The Morgan fingerprint density at radius 1 is 1.20 bits per heavy atom. The van der Waals surface area contributed by atoms with Gasteiger partial charge in [-0.25, -0.2) is 5.43 Å². The zero-order valence-electron chi connectivity index (χ0n) is 10.1. The van der Waals surface area contributed by atoms with Gasteiger partial charge in [-0.05, 0) is 24.3 Å². The van der Waals surface area contributed by atoms with E-state index >= 15 is 0 Å². The largest absolute Gasteiger partial charge is 0.441 e. The topological polar surface area (TPSA) is 109 Å². The van der Waals surface area contributed by atoms with E-state index in [-0.39, 0.29) is 5.76 Å². The first-order chi connectivity index (χ1) is 9.47. The Morgan fingerprint density at radius 3 is 2.50 bits per heavy atom. The van der Waals surface area contributed by atoms with Crippen molar-refractivity contribution in [2.75, 3.05) is 0 Å². The van der Waals surface area contributed by atoms with Crippen molar-refractivity contribution in [1.29, 1.82) is 0 Å². The summed E-state index contributed by atoms with van der Waals surface area (Å²) in [7, 11) is -4.38. The van der Waals surface area contributed by atoms with Crippen LogP contribution >= 0.6 is 0 Å². The van der Waals surface area contributed by atoms with Crippen LogP contribution in [0.25, 0.3) is 0 Å². The number of carbonyl (C=O) groups excluding carboxylic acids is 1. The fourth-order valence-corrected chi connectivity index (χ4v) is 1.79. The van der Waals surface area contributed by atoms with Crippen LogP contribution in [-0.4, -0.2) is 25.1 Å². The summed E-state index contributed by atoms with van der Waals surface area (Å²) >= 11 is 0. The molecule has 20 heavy (non-hydrogen) atoms. The molecule has 104 valence electrons. The Hall–Kier alpha value is -2.45. The second-order valence-electron chi connectivity index (χ2n) is 3.70. The minimum Gasteiger partial charge on any atom is -0.441 e. The summed E-state index contributed by atoms with van der Waals surface area (Å²) in [6, 6.07) is 10.8. The third-order valence-corrected chi connectivity index (χ3v) is 2.98. The molecule has 0 unspecified atom stereocenters. The number of hydrazone groups is 1. The normalized spacial score (nSPS) is 11.7. The van der Waals surface area contributed by atoms with Gasteiger partial charge in [0.05, 0.1) is 6.21 Å². The summed E-state index contributed by atoms with van der Waals surface area (Å²) in [4.78, 5) is 11.6. The summed E-state index contributed by atoms with van der Waals surface area (Å²) in [5, 5.41) is 3.03. The van der Waals surface area contributed by atoms with Gasteiger partial charge in [-0.1, -0.05) is 18.2 Å². The molecule has 1 aromatic heterocycles. The highest BCUT2D eigenvalue weighted by atomic mass is 32.2. The molecule has 2 aromatic rings. The molecule has 1 aromatic carbocycles. The van der Waals surface area contributed by atoms with Gasteiger partial charge in [0, 0.05) is 5.56 Å². The van der Waals surface area contributed by atoms with E-state index in [0.29, 0.717) is 5.56 Å². The summed E-state index contributed by atoms with van der Waals surface area (Å²) in [6.07, 6.45) is 1.12. The van der Waals surface area contributed by atoms with Crippen molar-refractivity contribution in [3.05, 3.63) is 53.8 Å². The van der Waals surface area contributed by atoms with E-state index < -0.39 is 21.1 Å². The summed E-state index contributed by atoms with van der Waals surface area (Å²) in [5.74, 6) is -0.339. The summed E-state index contributed by atoms with van der Waals surface area (Å²) in [5.41, 5.74) is 2.69. The first-order valence-electron chi connectivity index (χ1n) is 5.42. The quantitative estimate of drug-likeness (QED) is 0.501. The van der Waals surface area contributed by atoms with Crippen LogP contribution in [0.5, 0.6) is 0 Å². The number of benzene rings is 1. The maximum atomic E-state index is 11.6. The molecule has 0 radical (unpaired) electrons. The Morgan fingerprint density at radius 2 is 1.90 bits per heavy atom. The smallest absolute Gasteiger partial charge is 0.328 e. The lowest BCUT2D eigenvalue weighted by Crippen LogP contribution is -2.17. The highest BCUT2D eigenvalue weighted by molar-refractivity contribution is 7.85. The van der Waals surface area contributed by atoms with E-state index in [1.807, 2.05) is 0 Å². The van der Waals surface area contributed by atoms with E-state index in [4.69, 9.17) is 8.97 Å². The van der Waals surface area contributed by atoms with E-state index in [2.05, 4.69) is 10.5 Å². The molecular weight excluding hydrogens is 284 g/mol. The van der Waals surface area contributed by atoms with Gasteiger partial charge < -0.3 is 4.42 Å². The molecule has 8 heteroatoms.